The lowest BCUT2D eigenvalue weighted by molar-refractivity contribution is 0.416. The standard InChI is InChI=1S/C12H16N4O3S/c1-8-14-7-12(15-8)20(17,18)16-10-4-3-9(6-13)5-11(10)19-2/h3-5,7,16H,6,13H2,1-2H3,(H,14,15). The Bertz CT molecular complexity index is 709. The van der Waals surface area contributed by atoms with Crippen molar-refractivity contribution in [3.05, 3.63) is 35.8 Å². The first-order valence-electron chi connectivity index (χ1n) is 5.87. The van der Waals surface area contributed by atoms with Crippen LogP contribution < -0.4 is 15.2 Å². The van der Waals surface area contributed by atoms with E-state index in [2.05, 4.69) is 14.7 Å². The summed E-state index contributed by atoms with van der Waals surface area (Å²) in [6, 6.07) is 5.04. The molecule has 7 nitrogen and oxygen atoms in total. The zero-order valence-electron chi connectivity index (χ0n) is 11.2. The number of rotatable bonds is 5. The SMILES string of the molecule is COc1cc(CN)ccc1NS(=O)(=O)c1cnc(C)[nH]1. The number of sulfonamides is 1. The van der Waals surface area contributed by atoms with Gasteiger partial charge in [-0.2, -0.15) is 8.42 Å². The predicted molar refractivity (Wildman–Crippen MR) is 75.0 cm³/mol. The molecular formula is C12H16N4O3S. The molecule has 0 atom stereocenters. The van der Waals surface area contributed by atoms with Crippen molar-refractivity contribution in [2.45, 2.75) is 18.5 Å². The summed E-state index contributed by atoms with van der Waals surface area (Å²) < 4.78 is 32.0. The highest BCUT2D eigenvalue weighted by atomic mass is 32.2. The molecule has 0 aliphatic heterocycles. The van der Waals surface area contributed by atoms with Crippen molar-refractivity contribution < 1.29 is 13.2 Å². The number of H-pyrrole nitrogens is 1. The first kappa shape index (κ1) is 14.4. The highest BCUT2D eigenvalue weighted by molar-refractivity contribution is 7.92. The van der Waals surface area contributed by atoms with Gasteiger partial charge in [0.25, 0.3) is 10.0 Å². The number of aryl methyl sites for hydroxylation is 1. The summed E-state index contributed by atoms with van der Waals surface area (Å²) in [5, 5.41) is -0.0000422. The molecule has 0 aliphatic carbocycles. The Morgan fingerprint density at radius 1 is 1.45 bits per heavy atom. The van der Waals surface area contributed by atoms with E-state index >= 15 is 0 Å². The molecule has 8 heteroatoms. The molecule has 0 amide bonds. The fraction of sp³-hybridized carbons (Fsp3) is 0.250. The number of hydrogen-bond acceptors (Lipinski definition) is 5. The largest absolute Gasteiger partial charge is 0.495 e. The summed E-state index contributed by atoms with van der Waals surface area (Å²) >= 11 is 0. The Kier molecular flexibility index (Phi) is 3.96. The van der Waals surface area contributed by atoms with Crippen LogP contribution >= 0.6 is 0 Å². The molecule has 108 valence electrons. The first-order chi connectivity index (χ1) is 9.46. The Balaban J connectivity index is 2.34. The maximum atomic E-state index is 12.2. The minimum atomic E-state index is -3.72. The number of ether oxygens (including phenoxy) is 1. The molecule has 2 rings (SSSR count). The van der Waals surface area contributed by atoms with Crippen molar-refractivity contribution in [2.75, 3.05) is 11.8 Å². The normalized spacial score (nSPS) is 11.3. The summed E-state index contributed by atoms with van der Waals surface area (Å²) in [5.41, 5.74) is 6.73. The Labute approximate surface area is 117 Å². The fourth-order valence-electron chi connectivity index (χ4n) is 1.68. The summed E-state index contributed by atoms with van der Waals surface area (Å²) in [6.45, 7) is 2.03. The van der Waals surface area contributed by atoms with Crippen LogP contribution in [0.2, 0.25) is 0 Å². The average molecular weight is 296 g/mol. The highest BCUT2D eigenvalue weighted by Gasteiger charge is 2.18. The third-order valence-corrected chi connectivity index (χ3v) is 3.99. The van der Waals surface area contributed by atoms with E-state index in [-0.39, 0.29) is 5.03 Å². The molecule has 0 radical (unpaired) electrons. The number of benzene rings is 1. The van der Waals surface area contributed by atoms with Gasteiger partial charge in [-0.05, 0) is 24.6 Å². The second-order valence-corrected chi connectivity index (χ2v) is 5.83. The summed E-state index contributed by atoms with van der Waals surface area (Å²) in [7, 11) is -2.26. The third-order valence-electron chi connectivity index (χ3n) is 2.72. The molecule has 2 aromatic rings. The van der Waals surface area contributed by atoms with Crippen LogP contribution in [0.25, 0.3) is 0 Å². The number of aromatic amines is 1. The van der Waals surface area contributed by atoms with Gasteiger partial charge in [0, 0.05) is 6.54 Å². The van der Waals surface area contributed by atoms with Gasteiger partial charge in [-0.25, -0.2) is 4.98 Å². The topological polar surface area (TPSA) is 110 Å². The van der Waals surface area contributed by atoms with E-state index in [9.17, 15) is 8.42 Å². The fourth-order valence-corrected chi connectivity index (χ4v) is 2.72. The number of methoxy groups -OCH3 is 1. The zero-order chi connectivity index (χ0) is 14.8. The second kappa shape index (κ2) is 5.51. The molecule has 0 aliphatic rings. The van der Waals surface area contributed by atoms with Crippen molar-refractivity contribution in [2.24, 2.45) is 5.73 Å². The first-order valence-corrected chi connectivity index (χ1v) is 7.36. The lowest BCUT2D eigenvalue weighted by atomic mass is 10.2. The number of aromatic nitrogens is 2. The van der Waals surface area contributed by atoms with E-state index in [1.807, 2.05) is 0 Å². The van der Waals surface area contributed by atoms with Crippen molar-refractivity contribution in [1.29, 1.82) is 0 Å². The minimum absolute atomic E-state index is 0.0000422. The average Bonchev–Trinajstić information content (AvgIpc) is 2.86. The van der Waals surface area contributed by atoms with Crippen molar-refractivity contribution >= 4 is 15.7 Å². The Hall–Kier alpha value is -2.06. The molecule has 4 N–H and O–H groups in total. The van der Waals surface area contributed by atoms with Gasteiger partial charge in [-0.3, -0.25) is 4.72 Å². The van der Waals surface area contributed by atoms with Gasteiger partial charge >= 0.3 is 0 Å². The number of imidazole rings is 1. The summed E-state index contributed by atoms with van der Waals surface area (Å²) in [5.74, 6) is 0.934. The molecule has 0 saturated carbocycles. The number of anilines is 1. The van der Waals surface area contributed by atoms with Crippen LogP contribution in [0.1, 0.15) is 11.4 Å². The van der Waals surface area contributed by atoms with E-state index in [1.165, 1.54) is 13.3 Å². The van der Waals surface area contributed by atoms with Gasteiger partial charge < -0.3 is 15.5 Å². The molecule has 20 heavy (non-hydrogen) atoms. The van der Waals surface area contributed by atoms with Crippen molar-refractivity contribution in [3.8, 4) is 5.75 Å². The molecule has 1 aromatic heterocycles. The maximum Gasteiger partial charge on any atom is 0.279 e. The van der Waals surface area contributed by atoms with Crippen molar-refractivity contribution in [3.63, 3.8) is 0 Å². The predicted octanol–water partition coefficient (Wildman–Crippen LogP) is 0.986. The Morgan fingerprint density at radius 2 is 2.20 bits per heavy atom. The Morgan fingerprint density at radius 3 is 2.75 bits per heavy atom. The zero-order valence-corrected chi connectivity index (χ0v) is 12.0. The van der Waals surface area contributed by atoms with Crippen LogP contribution in [-0.2, 0) is 16.6 Å². The number of hydrogen-bond donors (Lipinski definition) is 3. The number of nitrogens with zero attached hydrogens (tertiary/aromatic N) is 1. The van der Waals surface area contributed by atoms with Gasteiger partial charge in [0.15, 0.2) is 5.03 Å². The van der Waals surface area contributed by atoms with Gasteiger partial charge in [-0.15, -0.1) is 0 Å². The molecule has 0 spiro atoms. The maximum absolute atomic E-state index is 12.2. The van der Waals surface area contributed by atoms with E-state index in [1.54, 1.807) is 25.1 Å². The molecule has 0 fully saturated rings. The monoisotopic (exact) mass is 296 g/mol. The van der Waals surface area contributed by atoms with Crippen LogP contribution in [0.5, 0.6) is 5.75 Å². The van der Waals surface area contributed by atoms with Crippen LogP contribution in [-0.4, -0.2) is 25.5 Å². The smallest absolute Gasteiger partial charge is 0.279 e. The summed E-state index contributed by atoms with van der Waals surface area (Å²) in [4.78, 5) is 6.55. The van der Waals surface area contributed by atoms with Crippen LogP contribution in [0.15, 0.2) is 29.4 Å². The van der Waals surface area contributed by atoms with Gasteiger partial charge in [0.2, 0.25) is 0 Å². The van der Waals surface area contributed by atoms with E-state index in [0.717, 1.165) is 5.56 Å². The molecule has 1 heterocycles. The number of nitrogens with two attached hydrogens (primary N) is 1. The van der Waals surface area contributed by atoms with Gasteiger partial charge in [0.05, 0.1) is 19.0 Å². The van der Waals surface area contributed by atoms with Gasteiger partial charge in [-0.1, -0.05) is 6.07 Å². The minimum Gasteiger partial charge on any atom is -0.495 e. The van der Waals surface area contributed by atoms with Gasteiger partial charge in [0.1, 0.15) is 11.6 Å². The highest BCUT2D eigenvalue weighted by Crippen LogP contribution is 2.27. The second-order valence-electron chi connectivity index (χ2n) is 4.18. The third kappa shape index (κ3) is 2.91. The van der Waals surface area contributed by atoms with Crippen LogP contribution in [0.4, 0.5) is 5.69 Å². The van der Waals surface area contributed by atoms with E-state index in [0.29, 0.717) is 23.8 Å². The lowest BCUT2D eigenvalue weighted by Crippen LogP contribution is -2.14. The van der Waals surface area contributed by atoms with Crippen LogP contribution in [0.3, 0.4) is 0 Å². The lowest BCUT2D eigenvalue weighted by Gasteiger charge is -2.12. The van der Waals surface area contributed by atoms with E-state index < -0.39 is 10.0 Å². The number of nitrogens with one attached hydrogen (secondary N) is 2. The quantitative estimate of drug-likeness (QED) is 0.762. The van der Waals surface area contributed by atoms with E-state index in [4.69, 9.17) is 10.5 Å². The molecule has 0 bridgehead atoms. The summed E-state index contributed by atoms with van der Waals surface area (Å²) in [6.07, 6.45) is 1.26. The van der Waals surface area contributed by atoms with Crippen LogP contribution in [0, 0.1) is 6.92 Å². The molecule has 0 saturated heterocycles. The van der Waals surface area contributed by atoms with Crippen molar-refractivity contribution in [1.82, 2.24) is 9.97 Å². The molecular weight excluding hydrogens is 280 g/mol. The molecule has 1 aromatic carbocycles. The molecule has 0 unspecified atom stereocenters.